The highest BCUT2D eigenvalue weighted by Crippen LogP contribution is 2.21. The first kappa shape index (κ1) is 16.7. The number of nitrogens with zero attached hydrogens (tertiary/aromatic N) is 3. The van der Waals surface area contributed by atoms with Crippen LogP contribution in [-0.4, -0.2) is 53.0 Å². The molecule has 2 fully saturated rings. The molecule has 1 N–H and O–H groups in total. The molecule has 2 aliphatic rings. The van der Waals surface area contributed by atoms with E-state index < -0.39 is 11.9 Å². The Morgan fingerprint density at radius 2 is 1.79 bits per heavy atom. The topological polar surface area (TPSA) is 73.7 Å². The summed E-state index contributed by atoms with van der Waals surface area (Å²) in [6.07, 6.45) is 7.93. The molecule has 1 aromatic rings. The largest absolute Gasteiger partial charge is 0.481 e. The van der Waals surface area contributed by atoms with E-state index in [1.807, 2.05) is 12.1 Å². The fraction of sp³-hybridized carbons (Fsp3) is 0.611. The molecule has 3 rings (SSSR count). The van der Waals surface area contributed by atoms with Crippen molar-refractivity contribution in [1.82, 2.24) is 9.88 Å². The molecule has 6 heteroatoms. The Kier molecular flexibility index (Phi) is 5.33. The van der Waals surface area contributed by atoms with Gasteiger partial charge in [0, 0.05) is 32.4 Å². The smallest absolute Gasteiger partial charge is 0.308 e. The molecule has 1 amide bonds. The Morgan fingerprint density at radius 1 is 1.04 bits per heavy atom. The fourth-order valence-corrected chi connectivity index (χ4v) is 3.55. The summed E-state index contributed by atoms with van der Waals surface area (Å²) in [7, 11) is 0. The second-order valence-corrected chi connectivity index (χ2v) is 6.73. The molecule has 2 aliphatic heterocycles. The van der Waals surface area contributed by atoms with Crippen molar-refractivity contribution >= 4 is 17.7 Å². The summed E-state index contributed by atoms with van der Waals surface area (Å²) in [5.41, 5.74) is 0.541. The molecule has 24 heavy (non-hydrogen) atoms. The Hall–Kier alpha value is -2.11. The molecule has 0 bridgehead atoms. The van der Waals surface area contributed by atoms with Crippen molar-refractivity contribution in [2.45, 2.75) is 38.5 Å². The van der Waals surface area contributed by atoms with Crippen molar-refractivity contribution in [2.75, 3.05) is 31.1 Å². The van der Waals surface area contributed by atoms with Gasteiger partial charge in [0.2, 0.25) is 0 Å². The standard InChI is InChI=1S/C18H25N3O3/c22-17(21-11-5-6-15(13-21)18(23)24)14-7-8-16(19-12-14)20-9-3-1-2-4-10-20/h7-8,12,15H,1-6,9-11,13H2,(H,23,24). The SMILES string of the molecule is O=C(O)C1CCCN(C(=O)c2ccc(N3CCCCCC3)nc2)C1. The number of piperidine rings is 1. The summed E-state index contributed by atoms with van der Waals surface area (Å²) >= 11 is 0. The van der Waals surface area contributed by atoms with Crippen LogP contribution in [0.5, 0.6) is 0 Å². The second kappa shape index (κ2) is 7.64. The van der Waals surface area contributed by atoms with E-state index in [0.29, 0.717) is 25.1 Å². The number of likely N-dealkylation sites (tertiary alicyclic amines) is 1. The number of aromatic nitrogens is 1. The summed E-state index contributed by atoms with van der Waals surface area (Å²) < 4.78 is 0. The van der Waals surface area contributed by atoms with Crippen molar-refractivity contribution in [2.24, 2.45) is 5.92 Å². The number of rotatable bonds is 3. The second-order valence-electron chi connectivity index (χ2n) is 6.73. The van der Waals surface area contributed by atoms with Gasteiger partial charge in [0.15, 0.2) is 0 Å². The molecule has 1 aromatic heterocycles. The van der Waals surface area contributed by atoms with Crippen LogP contribution < -0.4 is 4.90 Å². The third-order valence-corrected chi connectivity index (χ3v) is 4.98. The third kappa shape index (κ3) is 3.86. The van der Waals surface area contributed by atoms with Gasteiger partial charge in [0.25, 0.3) is 5.91 Å². The van der Waals surface area contributed by atoms with Gasteiger partial charge in [0.1, 0.15) is 5.82 Å². The molecule has 0 radical (unpaired) electrons. The van der Waals surface area contributed by atoms with Gasteiger partial charge in [0.05, 0.1) is 11.5 Å². The molecule has 2 saturated heterocycles. The Labute approximate surface area is 142 Å². The van der Waals surface area contributed by atoms with E-state index in [0.717, 1.165) is 25.3 Å². The van der Waals surface area contributed by atoms with Crippen LogP contribution >= 0.6 is 0 Å². The van der Waals surface area contributed by atoms with Gasteiger partial charge in [-0.3, -0.25) is 9.59 Å². The average molecular weight is 331 g/mol. The molecule has 0 aliphatic carbocycles. The van der Waals surface area contributed by atoms with Gasteiger partial charge in [-0.15, -0.1) is 0 Å². The Morgan fingerprint density at radius 3 is 2.42 bits per heavy atom. The average Bonchev–Trinajstić information content (AvgIpc) is 2.91. The van der Waals surface area contributed by atoms with Crippen LogP contribution in [0.2, 0.25) is 0 Å². The van der Waals surface area contributed by atoms with Gasteiger partial charge < -0.3 is 14.9 Å². The van der Waals surface area contributed by atoms with Gasteiger partial charge in [-0.1, -0.05) is 12.8 Å². The number of carboxylic acid groups (broad SMARTS) is 1. The highest BCUT2D eigenvalue weighted by molar-refractivity contribution is 5.94. The maximum atomic E-state index is 12.6. The monoisotopic (exact) mass is 331 g/mol. The lowest BCUT2D eigenvalue weighted by Crippen LogP contribution is -2.42. The van der Waals surface area contributed by atoms with E-state index >= 15 is 0 Å². The maximum absolute atomic E-state index is 12.6. The molecular formula is C18H25N3O3. The Balaban J connectivity index is 1.66. The maximum Gasteiger partial charge on any atom is 0.308 e. The lowest BCUT2D eigenvalue weighted by Gasteiger charge is -2.30. The van der Waals surface area contributed by atoms with Crippen molar-refractivity contribution in [1.29, 1.82) is 0 Å². The predicted octanol–water partition coefficient (Wildman–Crippen LogP) is 2.40. The number of amides is 1. The van der Waals surface area contributed by atoms with E-state index in [1.54, 1.807) is 11.1 Å². The first-order valence-corrected chi connectivity index (χ1v) is 8.88. The zero-order chi connectivity index (χ0) is 16.9. The van der Waals surface area contributed by atoms with E-state index in [-0.39, 0.29) is 5.91 Å². The zero-order valence-corrected chi connectivity index (χ0v) is 14.0. The minimum Gasteiger partial charge on any atom is -0.481 e. The molecule has 1 atom stereocenters. The number of carbonyl (C=O) groups is 2. The molecule has 0 spiro atoms. The molecule has 0 saturated carbocycles. The van der Waals surface area contributed by atoms with Crippen molar-refractivity contribution < 1.29 is 14.7 Å². The lowest BCUT2D eigenvalue weighted by atomic mass is 9.98. The summed E-state index contributed by atoms with van der Waals surface area (Å²) in [5.74, 6) is -0.458. The van der Waals surface area contributed by atoms with Gasteiger partial charge >= 0.3 is 5.97 Å². The quantitative estimate of drug-likeness (QED) is 0.920. The van der Waals surface area contributed by atoms with Gasteiger partial charge in [-0.05, 0) is 37.8 Å². The third-order valence-electron chi connectivity index (χ3n) is 4.98. The van der Waals surface area contributed by atoms with Crippen LogP contribution in [0.15, 0.2) is 18.3 Å². The summed E-state index contributed by atoms with van der Waals surface area (Å²) in [6.45, 7) is 2.96. The van der Waals surface area contributed by atoms with Crippen LogP contribution in [0, 0.1) is 5.92 Å². The van der Waals surface area contributed by atoms with E-state index in [1.165, 1.54) is 25.7 Å². The molecule has 3 heterocycles. The van der Waals surface area contributed by atoms with E-state index in [2.05, 4.69) is 9.88 Å². The number of aliphatic carboxylic acids is 1. The Bertz CT molecular complexity index is 580. The zero-order valence-electron chi connectivity index (χ0n) is 14.0. The normalized spacial score (nSPS) is 22.1. The highest BCUT2D eigenvalue weighted by atomic mass is 16.4. The molecule has 130 valence electrons. The number of carbonyl (C=O) groups excluding carboxylic acids is 1. The van der Waals surface area contributed by atoms with Crippen molar-refractivity contribution in [3.05, 3.63) is 23.9 Å². The fourth-order valence-electron chi connectivity index (χ4n) is 3.55. The first-order chi connectivity index (χ1) is 11.6. The van der Waals surface area contributed by atoms with Gasteiger partial charge in [-0.25, -0.2) is 4.98 Å². The van der Waals surface area contributed by atoms with Crippen molar-refractivity contribution in [3.63, 3.8) is 0 Å². The molecule has 1 unspecified atom stereocenters. The minimum absolute atomic E-state index is 0.115. The summed E-state index contributed by atoms with van der Waals surface area (Å²) in [6, 6.07) is 3.73. The number of pyridine rings is 1. The van der Waals surface area contributed by atoms with Crippen LogP contribution in [0.1, 0.15) is 48.9 Å². The lowest BCUT2D eigenvalue weighted by molar-refractivity contribution is -0.143. The van der Waals surface area contributed by atoms with Gasteiger partial charge in [-0.2, -0.15) is 0 Å². The van der Waals surface area contributed by atoms with Crippen LogP contribution in [0.4, 0.5) is 5.82 Å². The van der Waals surface area contributed by atoms with E-state index in [4.69, 9.17) is 5.11 Å². The highest BCUT2D eigenvalue weighted by Gasteiger charge is 2.28. The van der Waals surface area contributed by atoms with E-state index in [9.17, 15) is 9.59 Å². The van der Waals surface area contributed by atoms with Crippen LogP contribution in [-0.2, 0) is 4.79 Å². The number of anilines is 1. The van der Waals surface area contributed by atoms with Crippen LogP contribution in [0.3, 0.4) is 0 Å². The summed E-state index contributed by atoms with van der Waals surface area (Å²) in [4.78, 5) is 32.1. The predicted molar refractivity (Wildman–Crippen MR) is 91.2 cm³/mol. The molecular weight excluding hydrogens is 306 g/mol. The first-order valence-electron chi connectivity index (χ1n) is 8.88. The minimum atomic E-state index is -0.817. The molecule has 6 nitrogen and oxygen atoms in total. The van der Waals surface area contributed by atoms with Crippen LogP contribution in [0.25, 0.3) is 0 Å². The molecule has 0 aromatic carbocycles. The number of carboxylic acids is 1. The number of hydrogen-bond donors (Lipinski definition) is 1. The summed E-state index contributed by atoms with van der Waals surface area (Å²) in [5, 5.41) is 9.16. The van der Waals surface area contributed by atoms with Crippen molar-refractivity contribution in [3.8, 4) is 0 Å². The number of hydrogen-bond acceptors (Lipinski definition) is 4.